The summed E-state index contributed by atoms with van der Waals surface area (Å²) in [5.74, 6) is 0.673. The van der Waals surface area contributed by atoms with Crippen molar-refractivity contribution < 1.29 is 0 Å². The topological polar surface area (TPSA) is 12.0 Å². The van der Waals surface area contributed by atoms with Crippen LogP contribution in [0.25, 0.3) is 0 Å². The first-order chi connectivity index (χ1) is 7.08. The Hall–Kier alpha value is -0.340. The van der Waals surface area contributed by atoms with Gasteiger partial charge in [0, 0.05) is 22.5 Å². The number of hydrogen-bond acceptors (Lipinski definition) is 1. The standard InChI is InChI=1S/C13H18BrN/c1-8-6-11(4-5-13(8)14)12-7-9(2)15-10(12)3/h4-6,9-10,12,15H,7H2,1-3H3. The molecule has 0 amide bonds. The van der Waals surface area contributed by atoms with Gasteiger partial charge >= 0.3 is 0 Å². The highest BCUT2D eigenvalue weighted by molar-refractivity contribution is 9.10. The molecule has 3 unspecified atom stereocenters. The molecule has 0 saturated carbocycles. The monoisotopic (exact) mass is 267 g/mol. The van der Waals surface area contributed by atoms with Crippen molar-refractivity contribution in [3.05, 3.63) is 33.8 Å². The van der Waals surface area contributed by atoms with Crippen LogP contribution in [0.2, 0.25) is 0 Å². The molecule has 15 heavy (non-hydrogen) atoms. The summed E-state index contributed by atoms with van der Waals surface area (Å²) in [7, 11) is 0. The normalized spacial score (nSPS) is 30.8. The molecule has 0 aromatic heterocycles. The third-order valence-corrected chi connectivity index (χ3v) is 4.26. The smallest absolute Gasteiger partial charge is 0.0204 e. The maximum Gasteiger partial charge on any atom is 0.0204 e. The van der Waals surface area contributed by atoms with Gasteiger partial charge in [0.1, 0.15) is 0 Å². The summed E-state index contributed by atoms with van der Waals surface area (Å²) >= 11 is 3.55. The second-order valence-corrected chi connectivity index (χ2v) is 5.56. The molecule has 1 aliphatic heterocycles. The highest BCUT2D eigenvalue weighted by atomic mass is 79.9. The minimum absolute atomic E-state index is 0.598. The summed E-state index contributed by atoms with van der Waals surface area (Å²) in [5, 5.41) is 3.59. The van der Waals surface area contributed by atoms with E-state index in [1.807, 2.05) is 0 Å². The summed E-state index contributed by atoms with van der Waals surface area (Å²) in [6.07, 6.45) is 1.25. The number of benzene rings is 1. The van der Waals surface area contributed by atoms with Crippen molar-refractivity contribution in [1.29, 1.82) is 0 Å². The Labute approximate surface area is 100 Å². The Morgan fingerprint density at radius 3 is 2.60 bits per heavy atom. The van der Waals surface area contributed by atoms with Crippen LogP contribution in [0.1, 0.15) is 37.3 Å². The summed E-state index contributed by atoms with van der Waals surface area (Å²) in [4.78, 5) is 0. The van der Waals surface area contributed by atoms with Gasteiger partial charge in [-0.25, -0.2) is 0 Å². The van der Waals surface area contributed by atoms with Crippen LogP contribution in [-0.2, 0) is 0 Å². The average molecular weight is 268 g/mol. The van der Waals surface area contributed by atoms with Crippen molar-refractivity contribution in [3.8, 4) is 0 Å². The van der Waals surface area contributed by atoms with Crippen molar-refractivity contribution in [2.45, 2.75) is 45.2 Å². The van der Waals surface area contributed by atoms with Crippen molar-refractivity contribution in [2.24, 2.45) is 0 Å². The molecular weight excluding hydrogens is 250 g/mol. The molecule has 0 bridgehead atoms. The van der Waals surface area contributed by atoms with Crippen LogP contribution in [0.3, 0.4) is 0 Å². The van der Waals surface area contributed by atoms with Gasteiger partial charge < -0.3 is 5.32 Å². The van der Waals surface area contributed by atoms with E-state index in [-0.39, 0.29) is 0 Å². The molecule has 0 radical (unpaired) electrons. The van der Waals surface area contributed by atoms with Crippen LogP contribution in [0.5, 0.6) is 0 Å². The van der Waals surface area contributed by atoms with Crippen LogP contribution >= 0.6 is 15.9 Å². The molecular formula is C13H18BrN. The fourth-order valence-corrected chi connectivity index (χ4v) is 2.79. The van der Waals surface area contributed by atoms with Gasteiger partial charge in [0.2, 0.25) is 0 Å². The molecule has 1 fully saturated rings. The number of aryl methyl sites for hydroxylation is 1. The van der Waals surface area contributed by atoms with E-state index < -0.39 is 0 Å². The molecule has 82 valence electrons. The first kappa shape index (κ1) is 11.2. The fraction of sp³-hybridized carbons (Fsp3) is 0.538. The van der Waals surface area contributed by atoms with Crippen LogP contribution in [0, 0.1) is 6.92 Å². The van der Waals surface area contributed by atoms with Gasteiger partial charge in [-0.05, 0) is 44.4 Å². The molecule has 1 aliphatic rings. The van der Waals surface area contributed by atoms with Gasteiger partial charge in [-0.3, -0.25) is 0 Å². The minimum atomic E-state index is 0.598. The van der Waals surface area contributed by atoms with E-state index in [9.17, 15) is 0 Å². The molecule has 2 rings (SSSR count). The van der Waals surface area contributed by atoms with E-state index in [2.05, 4.69) is 60.2 Å². The van der Waals surface area contributed by atoms with E-state index in [0.29, 0.717) is 18.0 Å². The molecule has 1 aromatic carbocycles. The zero-order chi connectivity index (χ0) is 11.0. The van der Waals surface area contributed by atoms with Crippen LogP contribution in [0.15, 0.2) is 22.7 Å². The maximum absolute atomic E-state index is 3.59. The van der Waals surface area contributed by atoms with Gasteiger partial charge in [0.15, 0.2) is 0 Å². The first-order valence-corrected chi connectivity index (χ1v) is 6.39. The Morgan fingerprint density at radius 2 is 2.07 bits per heavy atom. The second kappa shape index (κ2) is 4.26. The van der Waals surface area contributed by atoms with E-state index in [0.717, 1.165) is 0 Å². The molecule has 0 aliphatic carbocycles. The molecule has 1 saturated heterocycles. The highest BCUT2D eigenvalue weighted by Crippen LogP contribution is 2.32. The van der Waals surface area contributed by atoms with Crippen molar-refractivity contribution >= 4 is 15.9 Å². The quantitative estimate of drug-likeness (QED) is 0.820. The summed E-state index contributed by atoms with van der Waals surface area (Å²) < 4.78 is 1.21. The van der Waals surface area contributed by atoms with Gasteiger partial charge in [-0.1, -0.05) is 28.1 Å². The zero-order valence-corrected chi connectivity index (χ0v) is 11.1. The third-order valence-electron chi connectivity index (χ3n) is 3.37. The molecule has 3 atom stereocenters. The predicted octanol–water partition coefficient (Wildman–Crippen LogP) is 3.61. The summed E-state index contributed by atoms with van der Waals surface area (Å²) in [5.41, 5.74) is 2.80. The van der Waals surface area contributed by atoms with Crippen LogP contribution in [0.4, 0.5) is 0 Å². The summed E-state index contributed by atoms with van der Waals surface area (Å²) in [6.45, 7) is 6.71. The molecule has 1 nitrogen and oxygen atoms in total. The minimum Gasteiger partial charge on any atom is -0.311 e. The van der Waals surface area contributed by atoms with E-state index in [1.165, 1.54) is 22.0 Å². The van der Waals surface area contributed by atoms with Crippen molar-refractivity contribution in [3.63, 3.8) is 0 Å². The highest BCUT2D eigenvalue weighted by Gasteiger charge is 2.29. The lowest BCUT2D eigenvalue weighted by Gasteiger charge is -2.16. The average Bonchev–Trinajstić information content (AvgIpc) is 2.50. The number of hydrogen-bond donors (Lipinski definition) is 1. The maximum atomic E-state index is 3.59. The van der Waals surface area contributed by atoms with Gasteiger partial charge in [0.05, 0.1) is 0 Å². The summed E-state index contributed by atoms with van der Waals surface area (Å²) in [6, 6.07) is 7.97. The lowest BCUT2D eigenvalue weighted by Crippen LogP contribution is -2.26. The second-order valence-electron chi connectivity index (χ2n) is 4.71. The Bertz CT molecular complexity index is 362. The van der Waals surface area contributed by atoms with Crippen molar-refractivity contribution in [2.75, 3.05) is 0 Å². The molecule has 0 spiro atoms. The third kappa shape index (κ3) is 2.26. The Morgan fingerprint density at radius 1 is 1.33 bits per heavy atom. The van der Waals surface area contributed by atoms with E-state index >= 15 is 0 Å². The lowest BCUT2D eigenvalue weighted by atomic mass is 9.91. The van der Waals surface area contributed by atoms with Gasteiger partial charge in [0.25, 0.3) is 0 Å². The van der Waals surface area contributed by atoms with E-state index in [1.54, 1.807) is 0 Å². The predicted molar refractivity (Wildman–Crippen MR) is 68.3 cm³/mol. The molecule has 1 N–H and O–H groups in total. The van der Waals surface area contributed by atoms with Gasteiger partial charge in [-0.2, -0.15) is 0 Å². The first-order valence-electron chi connectivity index (χ1n) is 5.60. The Balaban J connectivity index is 2.26. The number of nitrogens with one attached hydrogen (secondary N) is 1. The molecule has 1 aromatic rings. The lowest BCUT2D eigenvalue weighted by molar-refractivity contribution is 0.574. The number of rotatable bonds is 1. The van der Waals surface area contributed by atoms with Crippen LogP contribution < -0.4 is 5.32 Å². The largest absolute Gasteiger partial charge is 0.311 e. The van der Waals surface area contributed by atoms with Crippen molar-refractivity contribution in [1.82, 2.24) is 5.32 Å². The van der Waals surface area contributed by atoms with E-state index in [4.69, 9.17) is 0 Å². The molecule has 1 heterocycles. The Kier molecular flexibility index (Phi) is 3.17. The zero-order valence-electron chi connectivity index (χ0n) is 9.55. The SMILES string of the molecule is Cc1cc(C2CC(C)NC2C)ccc1Br. The van der Waals surface area contributed by atoms with Crippen LogP contribution in [-0.4, -0.2) is 12.1 Å². The number of halogens is 1. The van der Waals surface area contributed by atoms with Gasteiger partial charge in [-0.15, -0.1) is 0 Å². The fourth-order valence-electron chi connectivity index (χ4n) is 2.54. The molecule has 2 heteroatoms.